The maximum absolute atomic E-state index is 11.5. The lowest BCUT2D eigenvalue weighted by atomic mass is 10.1. The van der Waals surface area contributed by atoms with Crippen LogP contribution >= 0.6 is 0 Å². The molecule has 0 radical (unpaired) electrons. The Morgan fingerprint density at radius 1 is 1.53 bits per heavy atom. The Hall–Kier alpha value is -1.77. The second-order valence-electron chi connectivity index (χ2n) is 4.26. The molecule has 0 aliphatic heterocycles. The number of nitrogen functional groups attached to an aromatic ring is 1. The van der Waals surface area contributed by atoms with E-state index in [9.17, 15) is 4.79 Å². The van der Waals surface area contributed by atoms with Gasteiger partial charge in [-0.05, 0) is 29.7 Å². The van der Waals surface area contributed by atoms with Crippen molar-refractivity contribution in [3.63, 3.8) is 0 Å². The number of rotatable bonds is 5. The van der Waals surface area contributed by atoms with E-state index in [1.54, 1.807) is 6.08 Å². The van der Waals surface area contributed by atoms with E-state index in [0.717, 1.165) is 18.5 Å². The third kappa shape index (κ3) is 5.20. The number of carbonyl (C=O) groups excluding carboxylic acids is 1. The molecule has 3 nitrogen and oxygen atoms in total. The molecule has 1 rings (SSSR count). The molecule has 3 heteroatoms. The summed E-state index contributed by atoms with van der Waals surface area (Å²) in [5.41, 5.74) is 7.28. The molecule has 0 aromatic heterocycles. The molecule has 0 fully saturated rings. The van der Waals surface area contributed by atoms with E-state index in [4.69, 9.17) is 5.73 Å². The van der Waals surface area contributed by atoms with Crippen molar-refractivity contribution in [2.75, 3.05) is 12.3 Å². The van der Waals surface area contributed by atoms with Crippen LogP contribution in [0, 0.1) is 5.92 Å². The molecule has 92 valence electrons. The summed E-state index contributed by atoms with van der Waals surface area (Å²) in [7, 11) is 0. The summed E-state index contributed by atoms with van der Waals surface area (Å²) in [4.78, 5) is 11.5. The minimum absolute atomic E-state index is 0.0623. The van der Waals surface area contributed by atoms with Crippen molar-refractivity contribution >= 4 is 17.7 Å². The van der Waals surface area contributed by atoms with Gasteiger partial charge in [-0.2, -0.15) is 0 Å². The number of nitrogens with two attached hydrogens (primary N) is 1. The van der Waals surface area contributed by atoms with Crippen molar-refractivity contribution in [1.29, 1.82) is 0 Å². The zero-order valence-electron chi connectivity index (χ0n) is 10.4. The Bertz CT molecular complexity index is 399. The van der Waals surface area contributed by atoms with Crippen LogP contribution in [0.3, 0.4) is 0 Å². The Morgan fingerprint density at radius 2 is 2.29 bits per heavy atom. The molecule has 1 unspecified atom stereocenters. The smallest absolute Gasteiger partial charge is 0.244 e. The standard InChI is InChI=1S/C14H20N2O/c1-3-11(2)10-16-14(17)8-7-12-5-4-6-13(15)9-12/h4-9,11H,3,10,15H2,1-2H3,(H,16,17)/b8-7+. The first-order valence-electron chi connectivity index (χ1n) is 5.93. The molecular formula is C14H20N2O. The molecule has 0 aliphatic rings. The summed E-state index contributed by atoms with van der Waals surface area (Å²) in [6.07, 6.45) is 4.37. The van der Waals surface area contributed by atoms with E-state index in [0.29, 0.717) is 11.6 Å². The first kappa shape index (κ1) is 13.3. The topological polar surface area (TPSA) is 55.1 Å². The van der Waals surface area contributed by atoms with Gasteiger partial charge in [-0.3, -0.25) is 4.79 Å². The Balaban J connectivity index is 2.45. The van der Waals surface area contributed by atoms with Crippen molar-refractivity contribution in [3.8, 4) is 0 Å². The number of amides is 1. The van der Waals surface area contributed by atoms with Crippen LogP contribution in [0.15, 0.2) is 30.3 Å². The number of hydrogen-bond acceptors (Lipinski definition) is 2. The molecule has 0 heterocycles. The van der Waals surface area contributed by atoms with E-state index in [-0.39, 0.29) is 5.91 Å². The molecule has 0 spiro atoms. The second-order valence-corrected chi connectivity index (χ2v) is 4.26. The van der Waals surface area contributed by atoms with Crippen molar-refractivity contribution in [3.05, 3.63) is 35.9 Å². The minimum Gasteiger partial charge on any atom is -0.399 e. The zero-order chi connectivity index (χ0) is 12.7. The lowest BCUT2D eigenvalue weighted by Crippen LogP contribution is -2.26. The van der Waals surface area contributed by atoms with Gasteiger partial charge in [-0.15, -0.1) is 0 Å². The maximum atomic E-state index is 11.5. The largest absolute Gasteiger partial charge is 0.399 e. The van der Waals surface area contributed by atoms with Crippen LogP contribution in [0.25, 0.3) is 6.08 Å². The second kappa shape index (κ2) is 6.74. The fourth-order valence-electron chi connectivity index (χ4n) is 1.31. The fourth-order valence-corrected chi connectivity index (χ4v) is 1.31. The molecule has 0 saturated carbocycles. The summed E-state index contributed by atoms with van der Waals surface area (Å²) in [6, 6.07) is 7.43. The van der Waals surface area contributed by atoms with E-state index in [2.05, 4.69) is 19.2 Å². The first-order valence-corrected chi connectivity index (χ1v) is 5.93. The molecule has 1 aromatic carbocycles. The first-order chi connectivity index (χ1) is 8.11. The summed E-state index contributed by atoms with van der Waals surface area (Å²) in [6.45, 7) is 4.94. The van der Waals surface area contributed by atoms with Crippen LogP contribution in [0.4, 0.5) is 5.69 Å². The fraction of sp³-hybridized carbons (Fsp3) is 0.357. The molecule has 0 bridgehead atoms. The highest BCUT2D eigenvalue weighted by Gasteiger charge is 2.00. The van der Waals surface area contributed by atoms with E-state index in [1.807, 2.05) is 24.3 Å². The van der Waals surface area contributed by atoms with Crippen molar-refractivity contribution in [2.45, 2.75) is 20.3 Å². The predicted octanol–water partition coefficient (Wildman–Crippen LogP) is 2.44. The average molecular weight is 232 g/mol. The third-order valence-electron chi connectivity index (χ3n) is 2.66. The monoisotopic (exact) mass is 232 g/mol. The quantitative estimate of drug-likeness (QED) is 0.605. The number of benzene rings is 1. The highest BCUT2D eigenvalue weighted by Crippen LogP contribution is 2.07. The van der Waals surface area contributed by atoms with Crippen LogP contribution < -0.4 is 11.1 Å². The normalized spacial score (nSPS) is 12.6. The lowest BCUT2D eigenvalue weighted by molar-refractivity contribution is -0.116. The van der Waals surface area contributed by atoms with E-state index >= 15 is 0 Å². The van der Waals surface area contributed by atoms with Gasteiger partial charge in [-0.25, -0.2) is 0 Å². The van der Waals surface area contributed by atoms with E-state index < -0.39 is 0 Å². The third-order valence-corrected chi connectivity index (χ3v) is 2.66. The van der Waals surface area contributed by atoms with Gasteiger partial charge in [0.25, 0.3) is 0 Å². The van der Waals surface area contributed by atoms with Crippen LogP contribution in [-0.2, 0) is 4.79 Å². The van der Waals surface area contributed by atoms with Gasteiger partial charge in [0, 0.05) is 18.3 Å². The summed E-state index contributed by atoms with van der Waals surface area (Å²) in [5, 5.41) is 2.86. The maximum Gasteiger partial charge on any atom is 0.244 e. The van der Waals surface area contributed by atoms with Gasteiger partial charge in [0.1, 0.15) is 0 Å². The highest BCUT2D eigenvalue weighted by atomic mass is 16.1. The molecule has 1 atom stereocenters. The molecular weight excluding hydrogens is 212 g/mol. The van der Waals surface area contributed by atoms with Gasteiger partial charge in [0.15, 0.2) is 0 Å². The number of nitrogens with one attached hydrogen (secondary N) is 1. The van der Waals surface area contributed by atoms with Crippen molar-refractivity contribution in [2.24, 2.45) is 5.92 Å². The van der Waals surface area contributed by atoms with Crippen LogP contribution in [0.1, 0.15) is 25.8 Å². The summed E-state index contributed by atoms with van der Waals surface area (Å²) < 4.78 is 0. The molecule has 1 aromatic rings. The Kier molecular flexibility index (Phi) is 5.27. The summed E-state index contributed by atoms with van der Waals surface area (Å²) in [5.74, 6) is 0.451. The highest BCUT2D eigenvalue weighted by molar-refractivity contribution is 5.91. The van der Waals surface area contributed by atoms with Gasteiger partial charge in [0.2, 0.25) is 5.91 Å². The summed E-state index contributed by atoms with van der Waals surface area (Å²) >= 11 is 0. The van der Waals surface area contributed by atoms with Crippen LogP contribution in [0.2, 0.25) is 0 Å². The average Bonchev–Trinajstić information content (AvgIpc) is 2.33. The van der Waals surface area contributed by atoms with Gasteiger partial charge >= 0.3 is 0 Å². The predicted molar refractivity (Wildman–Crippen MR) is 72.4 cm³/mol. The van der Waals surface area contributed by atoms with Crippen molar-refractivity contribution < 1.29 is 4.79 Å². The number of hydrogen-bond donors (Lipinski definition) is 2. The zero-order valence-corrected chi connectivity index (χ0v) is 10.4. The van der Waals surface area contributed by atoms with Gasteiger partial charge in [-0.1, -0.05) is 32.4 Å². The van der Waals surface area contributed by atoms with E-state index in [1.165, 1.54) is 6.08 Å². The Morgan fingerprint density at radius 3 is 2.94 bits per heavy atom. The Labute approximate surface area is 103 Å². The molecule has 1 amide bonds. The van der Waals surface area contributed by atoms with Crippen molar-refractivity contribution in [1.82, 2.24) is 5.32 Å². The van der Waals surface area contributed by atoms with Gasteiger partial charge in [0.05, 0.1) is 0 Å². The molecule has 17 heavy (non-hydrogen) atoms. The molecule has 3 N–H and O–H groups in total. The lowest BCUT2D eigenvalue weighted by Gasteiger charge is -2.07. The SMILES string of the molecule is CCC(C)CNC(=O)/C=C/c1cccc(N)c1. The van der Waals surface area contributed by atoms with Crippen LogP contribution in [-0.4, -0.2) is 12.5 Å². The molecule has 0 aliphatic carbocycles. The van der Waals surface area contributed by atoms with Crippen LogP contribution in [0.5, 0.6) is 0 Å². The number of carbonyl (C=O) groups is 1. The van der Waals surface area contributed by atoms with Gasteiger partial charge < -0.3 is 11.1 Å². The minimum atomic E-state index is -0.0623. The number of anilines is 1. The molecule has 0 saturated heterocycles.